The van der Waals surface area contributed by atoms with Gasteiger partial charge in [0.2, 0.25) is 5.91 Å². The van der Waals surface area contributed by atoms with Crippen LogP contribution in [0.1, 0.15) is 47.8 Å². The van der Waals surface area contributed by atoms with Gasteiger partial charge in [-0.3, -0.25) is 4.79 Å². The van der Waals surface area contributed by atoms with E-state index in [9.17, 15) is 14.4 Å². The van der Waals surface area contributed by atoms with E-state index in [0.29, 0.717) is 23.4 Å². The second kappa shape index (κ2) is 13.7. The maximum absolute atomic E-state index is 13.2. The molecule has 2 amide bonds. The Balaban J connectivity index is 1.78. The van der Waals surface area contributed by atoms with Gasteiger partial charge in [0.25, 0.3) is 0 Å². The van der Waals surface area contributed by atoms with Gasteiger partial charge >= 0.3 is 12.1 Å². The van der Waals surface area contributed by atoms with E-state index in [1.807, 2.05) is 60.7 Å². The Labute approximate surface area is 229 Å². The SMILES string of the molecule is CC(C)(C)OC(=O)NCc1ccc(C(=O)OCc2ccccc2)cc1NC(=O)C(CS)Cc1ccccc1. The molecule has 0 aliphatic heterocycles. The number of esters is 1. The number of ether oxygens (including phenoxy) is 2. The van der Waals surface area contributed by atoms with E-state index in [-0.39, 0.29) is 24.6 Å². The van der Waals surface area contributed by atoms with Crippen molar-refractivity contribution in [2.45, 2.75) is 45.9 Å². The predicted molar refractivity (Wildman–Crippen MR) is 151 cm³/mol. The van der Waals surface area contributed by atoms with Gasteiger partial charge in [-0.15, -0.1) is 0 Å². The summed E-state index contributed by atoms with van der Waals surface area (Å²) in [5.74, 6) is -0.824. The normalized spacial score (nSPS) is 11.8. The second-order valence-electron chi connectivity index (χ2n) is 9.85. The fraction of sp³-hybridized carbons (Fsp3) is 0.300. The van der Waals surface area contributed by atoms with E-state index in [1.165, 1.54) is 0 Å². The van der Waals surface area contributed by atoms with Gasteiger partial charge in [0.1, 0.15) is 12.2 Å². The molecule has 1 atom stereocenters. The molecule has 3 rings (SSSR count). The number of nitrogens with one attached hydrogen (secondary N) is 2. The lowest BCUT2D eigenvalue weighted by atomic mass is 9.99. The van der Waals surface area contributed by atoms with Crippen LogP contribution in [0.2, 0.25) is 0 Å². The van der Waals surface area contributed by atoms with E-state index in [2.05, 4.69) is 23.3 Å². The number of thiol groups is 1. The molecule has 0 aromatic heterocycles. The van der Waals surface area contributed by atoms with Gasteiger partial charge in [-0.05, 0) is 56.0 Å². The first-order chi connectivity index (χ1) is 18.1. The molecular formula is C30H34N2O5S. The van der Waals surface area contributed by atoms with Gasteiger partial charge in [0, 0.05) is 18.0 Å². The third-order valence-corrected chi connectivity index (χ3v) is 6.00. The van der Waals surface area contributed by atoms with Gasteiger partial charge in [-0.25, -0.2) is 9.59 Å². The summed E-state index contributed by atoms with van der Waals surface area (Å²) in [7, 11) is 0. The molecule has 8 heteroatoms. The third-order valence-electron chi connectivity index (χ3n) is 5.55. The Morgan fingerprint density at radius 3 is 2.13 bits per heavy atom. The van der Waals surface area contributed by atoms with Crippen LogP contribution in [0, 0.1) is 5.92 Å². The Morgan fingerprint density at radius 2 is 1.53 bits per heavy atom. The molecule has 0 saturated carbocycles. The summed E-state index contributed by atoms with van der Waals surface area (Å²) in [5, 5.41) is 5.64. The summed E-state index contributed by atoms with van der Waals surface area (Å²) in [6, 6.07) is 23.9. The molecule has 0 saturated heterocycles. The van der Waals surface area contributed by atoms with Gasteiger partial charge in [0.05, 0.1) is 11.5 Å². The number of alkyl carbamates (subject to hydrolysis) is 1. The van der Waals surface area contributed by atoms with Gasteiger partial charge in [-0.2, -0.15) is 12.6 Å². The van der Waals surface area contributed by atoms with Crippen LogP contribution >= 0.6 is 12.6 Å². The van der Waals surface area contributed by atoms with Crippen molar-refractivity contribution < 1.29 is 23.9 Å². The summed E-state index contributed by atoms with van der Waals surface area (Å²) < 4.78 is 10.8. The lowest BCUT2D eigenvalue weighted by Gasteiger charge is -2.21. The molecule has 1 unspecified atom stereocenters. The highest BCUT2D eigenvalue weighted by molar-refractivity contribution is 7.80. The number of anilines is 1. The largest absolute Gasteiger partial charge is 0.457 e. The lowest BCUT2D eigenvalue weighted by Crippen LogP contribution is -2.32. The first kappa shape index (κ1) is 28.8. The minimum Gasteiger partial charge on any atom is -0.457 e. The second-order valence-corrected chi connectivity index (χ2v) is 10.2. The number of amides is 2. The Kier molecular flexibility index (Phi) is 10.4. The Hall–Kier alpha value is -3.78. The van der Waals surface area contributed by atoms with Crippen LogP contribution in [0.3, 0.4) is 0 Å². The number of carbonyl (C=O) groups excluding carboxylic acids is 3. The first-order valence-corrected chi connectivity index (χ1v) is 13.0. The Morgan fingerprint density at radius 1 is 0.895 bits per heavy atom. The van der Waals surface area contributed by atoms with Crippen LogP contribution in [0.25, 0.3) is 0 Å². The third kappa shape index (κ3) is 9.27. The highest BCUT2D eigenvalue weighted by Gasteiger charge is 2.21. The van der Waals surface area contributed by atoms with Crippen molar-refractivity contribution in [1.82, 2.24) is 5.32 Å². The highest BCUT2D eigenvalue weighted by Crippen LogP contribution is 2.22. The van der Waals surface area contributed by atoms with Crippen molar-refractivity contribution in [3.05, 3.63) is 101 Å². The topological polar surface area (TPSA) is 93.7 Å². The summed E-state index contributed by atoms with van der Waals surface area (Å²) in [6.45, 7) is 5.55. The average Bonchev–Trinajstić information content (AvgIpc) is 2.89. The quantitative estimate of drug-likeness (QED) is 0.226. The van der Waals surface area contributed by atoms with E-state index >= 15 is 0 Å². The molecule has 200 valence electrons. The summed E-state index contributed by atoms with van der Waals surface area (Å²) in [4.78, 5) is 38.2. The van der Waals surface area contributed by atoms with Crippen LogP contribution in [0.5, 0.6) is 0 Å². The standard InChI is InChI=1S/C30H34N2O5S/c1-30(2,3)37-29(35)31-18-24-15-14-23(28(34)36-19-22-12-8-5-9-13-22)17-26(24)32-27(33)25(20-38)16-21-10-6-4-7-11-21/h4-15,17,25,38H,16,18-20H2,1-3H3,(H,31,35)(H,32,33). The van der Waals surface area contributed by atoms with Crippen molar-refractivity contribution in [1.29, 1.82) is 0 Å². The number of benzene rings is 3. The smallest absolute Gasteiger partial charge is 0.407 e. The number of rotatable bonds is 10. The highest BCUT2D eigenvalue weighted by atomic mass is 32.1. The van der Waals surface area contributed by atoms with Crippen molar-refractivity contribution in [2.75, 3.05) is 11.1 Å². The van der Waals surface area contributed by atoms with Crippen LogP contribution in [0.15, 0.2) is 78.9 Å². The molecule has 0 fully saturated rings. The first-order valence-electron chi connectivity index (χ1n) is 12.4. The van der Waals surface area contributed by atoms with E-state index in [0.717, 1.165) is 11.1 Å². The fourth-order valence-corrected chi connectivity index (χ4v) is 3.93. The van der Waals surface area contributed by atoms with Crippen LogP contribution in [0.4, 0.5) is 10.5 Å². The van der Waals surface area contributed by atoms with Crippen molar-refractivity contribution in [3.8, 4) is 0 Å². The molecule has 0 aliphatic rings. The zero-order valence-corrected chi connectivity index (χ0v) is 22.8. The van der Waals surface area contributed by atoms with Gasteiger partial charge in [0.15, 0.2) is 0 Å². The molecule has 0 radical (unpaired) electrons. The van der Waals surface area contributed by atoms with Crippen molar-refractivity contribution >= 4 is 36.3 Å². The maximum atomic E-state index is 13.2. The number of carbonyl (C=O) groups is 3. The molecule has 7 nitrogen and oxygen atoms in total. The van der Waals surface area contributed by atoms with E-state index in [1.54, 1.807) is 39.0 Å². The van der Waals surface area contributed by atoms with E-state index < -0.39 is 23.6 Å². The summed E-state index contributed by atoms with van der Waals surface area (Å²) in [6.07, 6.45) is -0.0704. The minimum absolute atomic E-state index is 0.0914. The van der Waals surface area contributed by atoms with Gasteiger partial charge in [-0.1, -0.05) is 66.7 Å². The molecule has 0 spiro atoms. The Bertz CT molecular complexity index is 1230. The number of hydrogen-bond acceptors (Lipinski definition) is 6. The molecule has 38 heavy (non-hydrogen) atoms. The fourth-order valence-electron chi connectivity index (χ4n) is 3.64. The molecular weight excluding hydrogens is 500 g/mol. The molecule has 0 bridgehead atoms. The van der Waals surface area contributed by atoms with Crippen LogP contribution in [-0.4, -0.2) is 29.3 Å². The van der Waals surface area contributed by atoms with Crippen LogP contribution in [-0.2, 0) is 33.8 Å². The zero-order valence-electron chi connectivity index (χ0n) is 21.9. The lowest BCUT2D eigenvalue weighted by molar-refractivity contribution is -0.119. The molecule has 2 N–H and O–H groups in total. The number of hydrogen-bond donors (Lipinski definition) is 3. The van der Waals surface area contributed by atoms with Crippen molar-refractivity contribution in [3.63, 3.8) is 0 Å². The predicted octanol–water partition coefficient (Wildman–Crippen LogP) is 5.80. The summed E-state index contributed by atoms with van der Waals surface area (Å²) >= 11 is 4.39. The molecule has 3 aromatic carbocycles. The average molecular weight is 535 g/mol. The molecule has 3 aromatic rings. The maximum Gasteiger partial charge on any atom is 0.407 e. The van der Waals surface area contributed by atoms with Crippen molar-refractivity contribution in [2.24, 2.45) is 5.92 Å². The van der Waals surface area contributed by atoms with Gasteiger partial charge < -0.3 is 20.1 Å². The zero-order chi connectivity index (χ0) is 27.5. The summed E-state index contributed by atoms with van der Waals surface area (Å²) in [5.41, 5.74) is 2.53. The molecule has 0 heterocycles. The monoisotopic (exact) mass is 534 g/mol. The van der Waals surface area contributed by atoms with E-state index in [4.69, 9.17) is 9.47 Å². The molecule has 0 aliphatic carbocycles. The van der Waals surface area contributed by atoms with Crippen LogP contribution < -0.4 is 10.6 Å². The minimum atomic E-state index is -0.648.